The summed E-state index contributed by atoms with van der Waals surface area (Å²) in [4.78, 5) is 14.6. The van der Waals surface area contributed by atoms with Crippen LogP contribution in [-0.4, -0.2) is 61.1 Å². The quantitative estimate of drug-likeness (QED) is 0.829. The van der Waals surface area contributed by atoms with E-state index in [-0.39, 0.29) is 28.9 Å². The maximum atomic E-state index is 12.8. The summed E-state index contributed by atoms with van der Waals surface area (Å²) in [5, 5.41) is 3.90. The Morgan fingerprint density at radius 2 is 1.88 bits per heavy atom. The van der Waals surface area contributed by atoms with E-state index in [0.717, 1.165) is 5.00 Å². The molecule has 1 aromatic heterocycles. The van der Waals surface area contributed by atoms with E-state index in [9.17, 15) is 13.2 Å². The third-order valence-corrected chi connectivity index (χ3v) is 7.64. The second kappa shape index (κ2) is 7.51. The molecule has 1 aliphatic rings. The first-order chi connectivity index (χ1) is 12.4. The maximum Gasteiger partial charge on any atom is 0.258 e. The lowest BCUT2D eigenvalue weighted by Crippen LogP contribution is -2.50. The Kier molecular flexibility index (Phi) is 5.52. The monoisotopic (exact) mass is 414 g/mol. The first kappa shape index (κ1) is 19.1. The fraction of sp³-hybridized carbons (Fsp3) is 0.375. The number of amides is 1. The van der Waals surface area contributed by atoms with Gasteiger partial charge in [-0.2, -0.15) is 8.68 Å². The van der Waals surface area contributed by atoms with Crippen LogP contribution in [0.1, 0.15) is 16.1 Å². The van der Waals surface area contributed by atoms with Crippen LogP contribution >= 0.6 is 23.1 Å². The SMILES string of the molecule is CNc1snc(C)c1C(=O)N1CCN(S(=O)(=O)c2ccccc2Cl)CC1. The summed E-state index contributed by atoms with van der Waals surface area (Å²) in [6.45, 7) is 2.89. The molecule has 0 aliphatic carbocycles. The van der Waals surface area contributed by atoms with Crippen LogP contribution in [0.4, 0.5) is 5.00 Å². The van der Waals surface area contributed by atoms with Crippen molar-refractivity contribution in [2.45, 2.75) is 11.8 Å². The van der Waals surface area contributed by atoms with E-state index in [1.54, 1.807) is 37.1 Å². The first-order valence-electron chi connectivity index (χ1n) is 8.04. The van der Waals surface area contributed by atoms with Crippen LogP contribution in [0.3, 0.4) is 0 Å². The molecule has 0 saturated carbocycles. The van der Waals surface area contributed by atoms with E-state index >= 15 is 0 Å². The van der Waals surface area contributed by atoms with E-state index in [4.69, 9.17) is 11.6 Å². The van der Waals surface area contributed by atoms with Crippen LogP contribution in [0.15, 0.2) is 29.2 Å². The topological polar surface area (TPSA) is 82.6 Å². The molecule has 1 saturated heterocycles. The van der Waals surface area contributed by atoms with Crippen molar-refractivity contribution in [2.75, 3.05) is 38.5 Å². The minimum absolute atomic E-state index is 0.0943. The van der Waals surface area contributed by atoms with Crippen molar-refractivity contribution < 1.29 is 13.2 Å². The van der Waals surface area contributed by atoms with Gasteiger partial charge in [-0.25, -0.2) is 8.42 Å². The van der Waals surface area contributed by atoms with E-state index in [1.807, 2.05) is 0 Å². The molecule has 1 fully saturated rings. The molecule has 0 spiro atoms. The molecule has 3 rings (SSSR count). The third kappa shape index (κ3) is 3.44. The molecule has 0 radical (unpaired) electrons. The Morgan fingerprint density at radius 3 is 2.50 bits per heavy atom. The van der Waals surface area contributed by atoms with Gasteiger partial charge in [0, 0.05) is 33.2 Å². The number of carbonyl (C=O) groups is 1. The van der Waals surface area contributed by atoms with Crippen LogP contribution in [0, 0.1) is 6.92 Å². The molecule has 140 valence electrons. The maximum absolute atomic E-state index is 12.8. The molecular weight excluding hydrogens is 396 g/mol. The molecule has 1 aliphatic heterocycles. The Bertz CT molecular complexity index is 921. The summed E-state index contributed by atoms with van der Waals surface area (Å²) in [5.74, 6) is -0.129. The van der Waals surface area contributed by atoms with Crippen molar-refractivity contribution in [2.24, 2.45) is 0 Å². The summed E-state index contributed by atoms with van der Waals surface area (Å²) >= 11 is 7.28. The van der Waals surface area contributed by atoms with Gasteiger partial charge in [-0.05, 0) is 30.6 Å². The Morgan fingerprint density at radius 1 is 1.23 bits per heavy atom. The standard InChI is InChI=1S/C16H19ClN4O3S2/c1-11-14(15(18-2)25-19-11)16(22)20-7-9-21(10-8-20)26(23,24)13-6-4-3-5-12(13)17/h3-6,18H,7-10H2,1-2H3. The number of sulfonamides is 1. The molecule has 1 aromatic carbocycles. The number of rotatable bonds is 4. The van der Waals surface area contributed by atoms with Crippen LogP contribution in [0.2, 0.25) is 5.02 Å². The van der Waals surface area contributed by atoms with Crippen LogP contribution in [0.25, 0.3) is 0 Å². The number of hydrogen-bond donors (Lipinski definition) is 1. The van der Waals surface area contributed by atoms with Crippen molar-refractivity contribution in [1.29, 1.82) is 0 Å². The van der Waals surface area contributed by atoms with Crippen molar-refractivity contribution in [1.82, 2.24) is 13.6 Å². The number of nitrogens with zero attached hydrogens (tertiary/aromatic N) is 3. The van der Waals surface area contributed by atoms with Gasteiger partial charge in [0.25, 0.3) is 5.91 Å². The number of halogens is 1. The van der Waals surface area contributed by atoms with Crippen LogP contribution < -0.4 is 5.32 Å². The molecule has 2 heterocycles. The number of aromatic nitrogens is 1. The lowest BCUT2D eigenvalue weighted by molar-refractivity contribution is 0.0698. The van der Waals surface area contributed by atoms with Gasteiger partial charge in [0.1, 0.15) is 9.90 Å². The van der Waals surface area contributed by atoms with E-state index in [1.165, 1.54) is 21.9 Å². The van der Waals surface area contributed by atoms with E-state index in [0.29, 0.717) is 24.3 Å². The Hall–Kier alpha value is -1.68. The molecule has 0 atom stereocenters. The highest BCUT2D eigenvalue weighted by molar-refractivity contribution is 7.89. The first-order valence-corrected chi connectivity index (χ1v) is 10.6. The van der Waals surface area contributed by atoms with Gasteiger partial charge in [0.05, 0.1) is 16.3 Å². The molecule has 10 heteroatoms. The lowest BCUT2D eigenvalue weighted by Gasteiger charge is -2.34. The Balaban J connectivity index is 1.74. The van der Waals surface area contributed by atoms with Crippen LogP contribution in [-0.2, 0) is 10.0 Å². The van der Waals surface area contributed by atoms with Gasteiger partial charge in [0.15, 0.2) is 0 Å². The zero-order chi connectivity index (χ0) is 18.9. The number of nitrogens with one attached hydrogen (secondary N) is 1. The number of aryl methyl sites for hydroxylation is 1. The molecule has 7 nitrogen and oxygen atoms in total. The predicted octanol–water partition coefficient (Wildman–Crippen LogP) is 2.29. The minimum atomic E-state index is -3.68. The summed E-state index contributed by atoms with van der Waals surface area (Å²) in [5.41, 5.74) is 1.23. The summed E-state index contributed by atoms with van der Waals surface area (Å²) < 4.78 is 31.2. The fourth-order valence-electron chi connectivity index (χ4n) is 2.87. The zero-order valence-corrected chi connectivity index (χ0v) is 16.8. The zero-order valence-electron chi connectivity index (χ0n) is 14.4. The second-order valence-electron chi connectivity index (χ2n) is 5.85. The Labute approximate surface area is 161 Å². The number of hydrogen-bond acceptors (Lipinski definition) is 6. The predicted molar refractivity (Wildman–Crippen MR) is 103 cm³/mol. The van der Waals surface area contributed by atoms with Gasteiger partial charge in [0.2, 0.25) is 10.0 Å². The number of piperazine rings is 1. The third-order valence-electron chi connectivity index (χ3n) is 4.28. The number of carbonyl (C=O) groups excluding carboxylic acids is 1. The van der Waals surface area contributed by atoms with Gasteiger partial charge < -0.3 is 10.2 Å². The van der Waals surface area contributed by atoms with Crippen molar-refractivity contribution in [3.8, 4) is 0 Å². The smallest absolute Gasteiger partial charge is 0.258 e. The van der Waals surface area contributed by atoms with Gasteiger partial charge in [-0.3, -0.25) is 4.79 Å². The average molecular weight is 415 g/mol. The number of benzene rings is 1. The highest BCUT2D eigenvalue weighted by atomic mass is 35.5. The van der Waals surface area contributed by atoms with E-state index < -0.39 is 10.0 Å². The van der Waals surface area contributed by atoms with Gasteiger partial charge in [-0.15, -0.1) is 0 Å². The molecule has 0 bridgehead atoms. The van der Waals surface area contributed by atoms with Gasteiger partial charge >= 0.3 is 0 Å². The lowest BCUT2D eigenvalue weighted by atomic mass is 10.2. The van der Waals surface area contributed by atoms with Crippen molar-refractivity contribution in [3.05, 3.63) is 40.5 Å². The van der Waals surface area contributed by atoms with Crippen molar-refractivity contribution in [3.63, 3.8) is 0 Å². The van der Waals surface area contributed by atoms with Crippen molar-refractivity contribution >= 4 is 44.1 Å². The fourth-order valence-corrected chi connectivity index (χ4v) is 5.53. The largest absolute Gasteiger partial charge is 0.378 e. The minimum Gasteiger partial charge on any atom is -0.378 e. The molecule has 26 heavy (non-hydrogen) atoms. The number of anilines is 1. The van der Waals surface area contributed by atoms with Crippen LogP contribution in [0.5, 0.6) is 0 Å². The van der Waals surface area contributed by atoms with E-state index in [2.05, 4.69) is 9.69 Å². The second-order valence-corrected chi connectivity index (χ2v) is 8.94. The summed E-state index contributed by atoms with van der Waals surface area (Å²) in [6, 6.07) is 6.38. The highest BCUT2D eigenvalue weighted by Gasteiger charge is 2.33. The molecule has 1 N–H and O–H groups in total. The average Bonchev–Trinajstić information content (AvgIpc) is 3.02. The van der Waals surface area contributed by atoms with Gasteiger partial charge in [-0.1, -0.05) is 23.7 Å². The summed E-state index contributed by atoms with van der Waals surface area (Å²) in [7, 11) is -1.93. The highest BCUT2D eigenvalue weighted by Crippen LogP contribution is 2.28. The molecular formula is C16H19ClN4O3S2. The molecule has 2 aromatic rings. The summed E-state index contributed by atoms with van der Waals surface area (Å²) in [6.07, 6.45) is 0. The normalized spacial score (nSPS) is 15.9. The molecule has 1 amide bonds. The molecule has 0 unspecified atom stereocenters.